The van der Waals surface area contributed by atoms with Gasteiger partial charge in [-0.3, -0.25) is 4.79 Å². The van der Waals surface area contributed by atoms with Crippen LogP contribution >= 0.6 is 11.8 Å². The van der Waals surface area contributed by atoms with E-state index in [2.05, 4.69) is 16.4 Å². The number of carbonyl (C=O) groups excluding carboxylic acids is 1. The maximum Gasteiger partial charge on any atom is 0.240 e. The number of carbonyl (C=O) groups is 1. The zero-order valence-corrected chi connectivity index (χ0v) is 15.9. The van der Waals surface area contributed by atoms with Gasteiger partial charge < -0.3 is 14.6 Å². The third-order valence-electron chi connectivity index (χ3n) is 4.10. The van der Waals surface area contributed by atoms with Crippen LogP contribution in [0.25, 0.3) is 11.0 Å². The summed E-state index contributed by atoms with van der Waals surface area (Å²) in [4.78, 5) is 17.2. The van der Waals surface area contributed by atoms with Crippen LogP contribution in [0.2, 0.25) is 0 Å². The van der Waals surface area contributed by atoms with Crippen molar-refractivity contribution in [3.05, 3.63) is 65.5 Å². The van der Waals surface area contributed by atoms with Crippen molar-refractivity contribution in [2.24, 2.45) is 0 Å². The van der Waals surface area contributed by atoms with E-state index in [1.165, 1.54) is 0 Å². The summed E-state index contributed by atoms with van der Waals surface area (Å²) in [6.45, 7) is 1.34. The summed E-state index contributed by atoms with van der Waals surface area (Å²) in [5.41, 5.74) is 4.08. The molecule has 1 N–H and O–H groups in total. The number of nitrogens with zero attached hydrogens (tertiary/aromatic N) is 2. The number of hydrogen-bond acceptors (Lipinski definition) is 4. The van der Waals surface area contributed by atoms with Gasteiger partial charge in [-0.1, -0.05) is 36.4 Å². The molecule has 0 aliphatic carbocycles. The van der Waals surface area contributed by atoms with E-state index >= 15 is 0 Å². The number of rotatable bonds is 8. The Labute approximate surface area is 157 Å². The second kappa shape index (κ2) is 8.87. The molecule has 3 aromatic rings. The van der Waals surface area contributed by atoms with Gasteiger partial charge in [-0.2, -0.15) is 11.8 Å². The molecule has 0 saturated heterocycles. The molecule has 0 fully saturated rings. The fourth-order valence-electron chi connectivity index (χ4n) is 2.94. The monoisotopic (exact) mass is 369 g/mol. The summed E-state index contributed by atoms with van der Waals surface area (Å²) in [6.07, 6.45) is 2.04. The lowest BCUT2D eigenvalue weighted by Crippen LogP contribution is -2.27. The highest BCUT2D eigenvalue weighted by atomic mass is 32.2. The van der Waals surface area contributed by atoms with Crippen LogP contribution in [0.5, 0.6) is 0 Å². The number of methoxy groups -OCH3 is 1. The second-order valence-corrected chi connectivity index (χ2v) is 6.93. The molecule has 0 saturated carbocycles. The van der Waals surface area contributed by atoms with Crippen molar-refractivity contribution < 1.29 is 9.53 Å². The first kappa shape index (κ1) is 18.5. The van der Waals surface area contributed by atoms with Gasteiger partial charge in [0.25, 0.3) is 0 Å². The predicted molar refractivity (Wildman–Crippen MR) is 106 cm³/mol. The van der Waals surface area contributed by atoms with Crippen molar-refractivity contribution >= 4 is 28.7 Å². The molecule has 26 heavy (non-hydrogen) atoms. The van der Waals surface area contributed by atoms with Gasteiger partial charge in [-0.05, 0) is 29.5 Å². The minimum atomic E-state index is -0.0207. The number of thioether (sulfide) groups is 1. The van der Waals surface area contributed by atoms with Crippen LogP contribution in [0.15, 0.2) is 48.5 Å². The van der Waals surface area contributed by atoms with Crippen molar-refractivity contribution in [1.82, 2.24) is 14.9 Å². The smallest absolute Gasteiger partial charge is 0.240 e. The Morgan fingerprint density at radius 3 is 2.81 bits per heavy atom. The second-order valence-electron chi connectivity index (χ2n) is 6.07. The van der Waals surface area contributed by atoms with Gasteiger partial charge in [-0.25, -0.2) is 4.98 Å². The van der Waals surface area contributed by atoms with Crippen molar-refractivity contribution in [1.29, 1.82) is 0 Å². The van der Waals surface area contributed by atoms with E-state index in [1.54, 1.807) is 18.9 Å². The standard InChI is InChI=1S/C20H23N3O2S/c1-25-13-16-7-5-6-15(10-16)11-21-20(24)12-23-18-9-4-3-8-17(18)22-19(23)14-26-2/h3-10H,11-14H2,1-2H3,(H,21,24). The number of fused-ring (bicyclic) bond motifs is 1. The average molecular weight is 369 g/mol. The number of aromatic nitrogens is 2. The highest BCUT2D eigenvalue weighted by molar-refractivity contribution is 7.97. The summed E-state index contributed by atoms with van der Waals surface area (Å²) in [6, 6.07) is 16.0. The van der Waals surface area contributed by atoms with E-state index in [0.717, 1.165) is 33.7 Å². The minimum absolute atomic E-state index is 0.0207. The molecule has 0 bridgehead atoms. The molecule has 0 radical (unpaired) electrons. The molecule has 6 heteroatoms. The van der Waals surface area contributed by atoms with Crippen LogP contribution in [-0.4, -0.2) is 28.8 Å². The molecule has 5 nitrogen and oxygen atoms in total. The largest absolute Gasteiger partial charge is 0.380 e. The van der Waals surface area contributed by atoms with Crippen molar-refractivity contribution in [2.45, 2.75) is 25.4 Å². The molecule has 0 aliphatic heterocycles. The van der Waals surface area contributed by atoms with E-state index < -0.39 is 0 Å². The lowest BCUT2D eigenvalue weighted by Gasteiger charge is -2.10. The number of ether oxygens (including phenoxy) is 1. The lowest BCUT2D eigenvalue weighted by atomic mass is 10.1. The third kappa shape index (κ3) is 4.45. The molecule has 0 spiro atoms. The Balaban J connectivity index is 1.69. The number of benzene rings is 2. The van der Waals surface area contributed by atoms with Crippen LogP contribution in [0, 0.1) is 0 Å². The highest BCUT2D eigenvalue weighted by Gasteiger charge is 2.13. The fourth-order valence-corrected chi connectivity index (χ4v) is 3.42. The first-order chi connectivity index (χ1) is 12.7. The Morgan fingerprint density at radius 1 is 1.19 bits per heavy atom. The zero-order valence-electron chi connectivity index (χ0n) is 15.1. The maximum atomic E-state index is 12.5. The first-order valence-electron chi connectivity index (χ1n) is 8.48. The highest BCUT2D eigenvalue weighted by Crippen LogP contribution is 2.18. The maximum absolute atomic E-state index is 12.5. The fraction of sp³-hybridized carbons (Fsp3) is 0.300. The molecule has 0 atom stereocenters. The van der Waals surface area contributed by atoms with Gasteiger partial charge in [0.15, 0.2) is 0 Å². The van der Waals surface area contributed by atoms with Crippen molar-refractivity contribution in [2.75, 3.05) is 13.4 Å². The van der Waals surface area contributed by atoms with E-state index in [9.17, 15) is 4.79 Å². The molecular weight excluding hydrogens is 346 g/mol. The van der Waals surface area contributed by atoms with Gasteiger partial charge >= 0.3 is 0 Å². The summed E-state index contributed by atoms with van der Waals surface area (Å²) in [7, 11) is 1.68. The van der Waals surface area contributed by atoms with Gasteiger partial charge in [0.05, 0.1) is 23.4 Å². The average Bonchev–Trinajstić information content (AvgIpc) is 2.98. The number of hydrogen-bond donors (Lipinski definition) is 1. The van der Waals surface area contributed by atoms with Crippen LogP contribution in [-0.2, 0) is 35.0 Å². The molecule has 3 rings (SSSR count). The van der Waals surface area contributed by atoms with Crippen LogP contribution in [0.4, 0.5) is 0 Å². The van der Waals surface area contributed by atoms with Crippen LogP contribution < -0.4 is 5.32 Å². The normalized spacial score (nSPS) is 11.0. The SMILES string of the molecule is COCc1cccc(CNC(=O)Cn2c(CSC)nc3ccccc32)c1. The number of imidazole rings is 1. The van der Waals surface area contributed by atoms with Gasteiger partial charge in [0.1, 0.15) is 12.4 Å². The predicted octanol–water partition coefficient (Wildman–Crippen LogP) is 3.36. The van der Waals surface area contributed by atoms with E-state index in [0.29, 0.717) is 13.2 Å². The topological polar surface area (TPSA) is 56.1 Å². The molecule has 1 amide bonds. The summed E-state index contributed by atoms with van der Waals surface area (Å²) in [5.74, 6) is 1.68. The molecule has 2 aromatic carbocycles. The summed E-state index contributed by atoms with van der Waals surface area (Å²) >= 11 is 1.70. The zero-order chi connectivity index (χ0) is 18.4. The molecule has 1 heterocycles. The summed E-state index contributed by atoms with van der Waals surface area (Å²) in [5, 5.41) is 3.01. The molecule has 136 valence electrons. The van der Waals surface area contributed by atoms with Gasteiger partial charge in [-0.15, -0.1) is 0 Å². The van der Waals surface area contributed by atoms with E-state index in [4.69, 9.17) is 4.74 Å². The van der Waals surface area contributed by atoms with Gasteiger partial charge in [0, 0.05) is 13.7 Å². The molecule has 0 unspecified atom stereocenters. The lowest BCUT2D eigenvalue weighted by molar-refractivity contribution is -0.121. The van der Waals surface area contributed by atoms with Crippen molar-refractivity contribution in [3.8, 4) is 0 Å². The number of para-hydroxylation sites is 2. The molecular formula is C20H23N3O2S. The Kier molecular flexibility index (Phi) is 6.30. The Hall–Kier alpha value is -2.31. The summed E-state index contributed by atoms with van der Waals surface area (Å²) < 4.78 is 7.16. The first-order valence-corrected chi connectivity index (χ1v) is 9.87. The Bertz CT molecular complexity index is 892. The third-order valence-corrected chi connectivity index (χ3v) is 4.65. The Morgan fingerprint density at radius 2 is 2.00 bits per heavy atom. The van der Waals surface area contributed by atoms with E-state index in [-0.39, 0.29) is 12.5 Å². The van der Waals surface area contributed by atoms with Gasteiger partial charge in [0.2, 0.25) is 5.91 Å². The van der Waals surface area contributed by atoms with Crippen molar-refractivity contribution in [3.63, 3.8) is 0 Å². The quantitative estimate of drug-likeness (QED) is 0.661. The van der Waals surface area contributed by atoms with E-state index in [1.807, 2.05) is 53.3 Å². The molecule has 1 aromatic heterocycles. The minimum Gasteiger partial charge on any atom is -0.380 e. The number of nitrogens with one attached hydrogen (secondary N) is 1. The van der Waals surface area contributed by atoms with Crippen LogP contribution in [0.1, 0.15) is 17.0 Å². The molecule has 0 aliphatic rings. The number of amides is 1. The van der Waals surface area contributed by atoms with Crippen LogP contribution in [0.3, 0.4) is 0 Å².